The first kappa shape index (κ1) is 11.4. The Bertz CT molecular complexity index is 490. The van der Waals surface area contributed by atoms with E-state index < -0.39 is 0 Å². The van der Waals surface area contributed by atoms with Crippen molar-refractivity contribution in [1.82, 2.24) is 0 Å². The normalized spacial score (nSPS) is 16.5. The molecule has 1 aromatic carbocycles. The quantitative estimate of drug-likeness (QED) is 0.588. The zero-order valence-corrected chi connectivity index (χ0v) is 9.64. The van der Waals surface area contributed by atoms with Crippen LogP contribution in [-0.2, 0) is 14.9 Å². The maximum absolute atomic E-state index is 10.9. The first-order valence-electron chi connectivity index (χ1n) is 5.48. The number of rotatable bonds is 3. The van der Waals surface area contributed by atoms with Crippen molar-refractivity contribution in [2.45, 2.75) is 18.3 Å². The second kappa shape index (κ2) is 4.42. The standard InChI is InChI=1S/C14H13NO2/c1-17-13(16)7-4-11-2-5-12(6-3-11)14(10-15)8-9-14/h2-7H,8-9H2,1H3. The molecule has 17 heavy (non-hydrogen) atoms. The Hall–Kier alpha value is -2.08. The molecule has 1 aliphatic rings. The molecule has 2 rings (SSSR count). The van der Waals surface area contributed by atoms with Crippen molar-refractivity contribution in [3.63, 3.8) is 0 Å². The Morgan fingerprint density at radius 1 is 1.41 bits per heavy atom. The molecule has 0 atom stereocenters. The molecule has 0 aliphatic heterocycles. The number of hydrogen-bond acceptors (Lipinski definition) is 3. The number of esters is 1. The lowest BCUT2D eigenvalue weighted by Gasteiger charge is -2.05. The molecule has 0 saturated heterocycles. The smallest absolute Gasteiger partial charge is 0.330 e. The van der Waals surface area contributed by atoms with Crippen molar-refractivity contribution < 1.29 is 9.53 Å². The van der Waals surface area contributed by atoms with E-state index in [4.69, 9.17) is 5.26 Å². The maximum atomic E-state index is 10.9. The molecule has 1 saturated carbocycles. The summed E-state index contributed by atoms with van der Waals surface area (Å²) in [4.78, 5) is 10.9. The van der Waals surface area contributed by atoms with Crippen molar-refractivity contribution in [2.24, 2.45) is 0 Å². The Labute approximate surface area is 100 Å². The van der Waals surface area contributed by atoms with E-state index in [2.05, 4.69) is 10.8 Å². The monoisotopic (exact) mass is 227 g/mol. The van der Waals surface area contributed by atoms with Crippen molar-refractivity contribution in [3.8, 4) is 6.07 Å². The minimum Gasteiger partial charge on any atom is -0.466 e. The maximum Gasteiger partial charge on any atom is 0.330 e. The van der Waals surface area contributed by atoms with Gasteiger partial charge in [0.15, 0.2) is 0 Å². The molecule has 0 amide bonds. The molecule has 0 N–H and O–H groups in total. The molecule has 3 heteroatoms. The van der Waals surface area contributed by atoms with Gasteiger partial charge in [-0.05, 0) is 30.0 Å². The molecular weight excluding hydrogens is 214 g/mol. The predicted octanol–water partition coefficient (Wildman–Crippen LogP) is 2.43. The van der Waals surface area contributed by atoms with E-state index in [-0.39, 0.29) is 11.4 Å². The lowest BCUT2D eigenvalue weighted by atomic mass is 9.97. The van der Waals surface area contributed by atoms with Crippen LogP contribution in [0.3, 0.4) is 0 Å². The highest BCUT2D eigenvalue weighted by atomic mass is 16.5. The van der Waals surface area contributed by atoms with E-state index in [9.17, 15) is 4.79 Å². The minimum atomic E-state index is -0.371. The Balaban J connectivity index is 2.12. The molecule has 1 aromatic rings. The van der Waals surface area contributed by atoms with Crippen LogP contribution in [0.1, 0.15) is 24.0 Å². The summed E-state index contributed by atoms with van der Waals surface area (Å²) in [5, 5.41) is 9.06. The lowest BCUT2D eigenvalue weighted by molar-refractivity contribution is -0.134. The third-order valence-electron chi connectivity index (χ3n) is 3.04. The third-order valence-corrected chi connectivity index (χ3v) is 3.04. The highest BCUT2D eigenvalue weighted by molar-refractivity contribution is 5.86. The summed E-state index contributed by atoms with van der Waals surface area (Å²) in [7, 11) is 1.35. The number of ether oxygens (including phenoxy) is 1. The number of nitriles is 1. The fourth-order valence-corrected chi connectivity index (χ4v) is 1.74. The lowest BCUT2D eigenvalue weighted by Crippen LogP contribution is -2.01. The van der Waals surface area contributed by atoms with Gasteiger partial charge in [-0.1, -0.05) is 24.3 Å². The second-order valence-corrected chi connectivity index (χ2v) is 4.17. The van der Waals surface area contributed by atoms with Gasteiger partial charge >= 0.3 is 5.97 Å². The number of methoxy groups -OCH3 is 1. The zero-order chi connectivity index (χ0) is 12.3. The highest BCUT2D eigenvalue weighted by Crippen LogP contribution is 2.47. The van der Waals surface area contributed by atoms with Gasteiger partial charge in [0.1, 0.15) is 0 Å². The van der Waals surface area contributed by atoms with Crippen LogP contribution in [0.15, 0.2) is 30.3 Å². The molecule has 3 nitrogen and oxygen atoms in total. The largest absolute Gasteiger partial charge is 0.466 e. The molecule has 0 bridgehead atoms. The van der Waals surface area contributed by atoms with Gasteiger partial charge in [0.05, 0.1) is 18.6 Å². The van der Waals surface area contributed by atoms with Gasteiger partial charge in [-0.3, -0.25) is 0 Å². The molecule has 0 aromatic heterocycles. The van der Waals surface area contributed by atoms with Crippen molar-refractivity contribution in [3.05, 3.63) is 41.5 Å². The number of carbonyl (C=O) groups excluding carboxylic acids is 1. The summed E-state index contributed by atoms with van der Waals surface area (Å²) in [6.45, 7) is 0. The molecule has 0 heterocycles. The van der Waals surface area contributed by atoms with E-state index in [1.54, 1.807) is 6.08 Å². The number of carbonyl (C=O) groups is 1. The summed E-state index contributed by atoms with van der Waals surface area (Å²) < 4.78 is 4.51. The Kier molecular flexibility index (Phi) is 2.97. The van der Waals surface area contributed by atoms with E-state index in [0.717, 1.165) is 24.0 Å². The van der Waals surface area contributed by atoms with E-state index in [0.29, 0.717) is 0 Å². The van der Waals surface area contributed by atoms with Crippen LogP contribution in [0.5, 0.6) is 0 Å². The van der Waals surface area contributed by atoms with Crippen LogP contribution in [0.4, 0.5) is 0 Å². The van der Waals surface area contributed by atoms with Crippen molar-refractivity contribution in [2.75, 3.05) is 7.11 Å². The molecule has 1 fully saturated rings. The zero-order valence-electron chi connectivity index (χ0n) is 9.64. The van der Waals surface area contributed by atoms with Gasteiger partial charge in [0, 0.05) is 6.08 Å². The van der Waals surface area contributed by atoms with Crippen molar-refractivity contribution >= 4 is 12.0 Å². The van der Waals surface area contributed by atoms with Crippen LogP contribution >= 0.6 is 0 Å². The van der Waals surface area contributed by atoms with Crippen LogP contribution in [0, 0.1) is 11.3 Å². The number of nitrogens with zero attached hydrogens (tertiary/aromatic N) is 1. The minimum absolute atomic E-state index is 0.245. The van der Waals surface area contributed by atoms with E-state index in [1.807, 2.05) is 24.3 Å². The van der Waals surface area contributed by atoms with Gasteiger partial charge in [-0.2, -0.15) is 5.26 Å². The SMILES string of the molecule is COC(=O)C=Cc1ccc(C2(C#N)CC2)cc1. The fraction of sp³-hybridized carbons (Fsp3) is 0.286. The highest BCUT2D eigenvalue weighted by Gasteiger charge is 2.44. The van der Waals surface area contributed by atoms with Crippen LogP contribution in [-0.4, -0.2) is 13.1 Å². The van der Waals surface area contributed by atoms with Gasteiger partial charge in [0.25, 0.3) is 0 Å². The molecule has 86 valence electrons. The third kappa shape index (κ3) is 2.36. The predicted molar refractivity (Wildman–Crippen MR) is 64.0 cm³/mol. The van der Waals surface area contributed by atoms with Crippen LogP contribution in [0.2, 0.25) is 0 Å². The van der Waals surface area contributed by atoms with E-state index >= 15 is 0 Å². The Morgan fingerprint density at radius 2 is 2.06 bits per heavy atom. The van der Waals surface area contributed by atoms with E-state index in [1.165, 1.54) is 13.2 Å². The van der Waals surface area contributed by atoms with Gasteiger partial charge in [-0.25, -0.2) is 4.79 Å². The van der Waals surface area contributed by atoms with Crippen LogP contribution < -0.4 is 0 Å². The summed E-state index contributed by atoms with van der Waals surface area (Å²) in [5.74, 6) is -0.371. The number of hydrogen-bond donors (Lipinski definition) is 0. The molecule has 0 spiro atoms. The molecule has 0 unspecified atom stereocenters. The first-order chi connectivity index (χ1) is 8.20. The second-order valence-electron chi connectivity index (χ2n) is 4.17. The first-order valence-corrected chi connectivity index (χ1v) is 5.48. The average Bonchev–Trinajstić information content (AvgIpc) is 3.17. The average molecular weight is 227 g/mol. The summed E-state index contributed by atoms with van der Waals surface area (Å²) in [6.07, 6.45) is 4.97. The summed E-state index contributed by atoms with van der Waals surface area (Å²) in [6, 6.07) is 10.1. The van der Waals surface area contributed by atoms with Gasteiger partial charge < -0.3 is 4.74 Å². The topological polar surface area (TPSA) is 50.1 Å². The summed E-state index contributed by atoms with van der Waals surface area (Å²) >= 11 is 0. The fourth-order valence-electron chi connectivity index (χ4n) is 1.74. The Morgan fingerprint density at radius 3 is 2.53 bits per heavy atom. The number of benzene rings is 1. The molecule has 1 aliphatic carbocycles. The van der Waals surface area contributed by atoms with Gasteiger partial charge in [-0.15, -0.1) is 0 Å². The van der Waals surface area contributed by atoms with Crippen LogP contribution in [0.25, 0.3) is 6.08 Å². The molecular formula is C14H13NO2. The summed E-state index contributed by atoms with van der Waals surface area (Å²) in [5.41, 5.74) is 1.74. The molecule has 0 radical (unpaired) electrons. The van der Waals surface area contributed by atoms with Crippen molar-refractivity contribution in [1.29, 1.82) is 5.26 Å². The van der Waals surface area contributed by atoms with Gasteiger partial charge in [0.2, 0.25) is 0 Å².